The van der Waals surface area contributed by atoms with E-state index in [0.717, 1.165) is 77.8 Å². The lowest BCUT2D eigenvalue weighted by atomic mass is 9.90. The van der Waals surface area contributed by atoms with E-state index < -0.39 is 5.60 Å². The second kappa shape index (κ2) is 16.8. The van der Waals surface area contributed by atoms with Gasteiger partial charge in [0.25, 0.3) is 0 Å². The number of benzene rings is 4. The molecule has 2 heterocycles. The summed E-state index contributed by atoms with van der Waals surface area (Å²) in [6.07, 6.45) is 6.31. The van der Waals surface area contributed by atoms with E-state index in [1.807, 2.05) is 86.3 Å². The summed E-state index contributed by atoms with van der Waals surface area (Å²) >= 11 is 0. The number of aliphatic imine (C=N–C) groups is 1. The molecule has 1 saturated carbocycles. The molecule has 2 aliphatic rings. The first kappa shape index (κ1) is 36.4. The Morgan fingerprint density at radius 2 is 1.38 bits per heavy atom. The highest BCUT2D eigenvalue weighted by molar-refractivity contribution is 6.14. The third-order valence-corrected chi connectivity index (χ3v) is 10.0. The lowest BCUT2D eigenvalue weighted by Crippen LogP contribution is -2.53. The molecule has 9 heteroatoms. The highest BCUT2D eigenvalue weighted by atomic mass is 16.6. The number of carbonyl (C=O) groups is 1. The predicted octanol–water partition coefficient (Wildman–Crippen LogP) is 8.84. The van der Waals surface area contributed by atoms with Crippen LogP contribution < -0.4 is 4.74 Å². The number of hydrogen-bond acceptors (Lipinski definition) is 7. The third-order valence-electron chi connectivity index (χ3n) is 10.0. The number of aromatic nitrogens is 2. The normalized spacial score (nSPS) is 18.1. The molecule has 276 valence electrons. The van der Waals surface area contributed by atoms with Crippen molar-refractivity contribution in [3.63, 3.8) is 0 Å². The SMILES string of the molecule is CC(C)(C)OC(=O)N1CCN(C2CCC(n3cc4cc(N=C(c5ccccc5)c5ccccc5)c(OCCOCc5ccccc5)cc4n3)CC2)CC1. The number of fused-ring (bicyclic) bond motifs is 1. The van der Waals surface area contributed by atoms with Crippen molar-refractivity contribution in [1.82, 2.24) is 19.6 Å². The molecule has 0 atom stereocenters. The van der Waals surface area contributed by atoms with E-state index in [4.69, 9.17) is 24.3 Å². The fraction of sp³-hybridized carbons (Fsp3) is 0.386. The Morgan fingerprint density at radius 1 is 0.774 bits per heavy atom. The molecule has 9 nitrogen and oxygen atoms in total. The maximum atomic E-state index is 12.6. The van der Waals surface area contributed by atoms with Crippen molar-refractivity contribution >= 4 is 28.4 Å². The van der Waals surface area contributed by atoms with Crippen molar-refractivity contribution < 1.29 is 19.0 Å². The van der Waals surface area contributed by atoms with Crippen molar-refractivity contribution in [3.8, 4) is 5.75 Å². The van der Waals surface area contributed by atoms with Gasteiger partial charge >= 0.3 is 6.09 Å². The van der Waals surface area contributed by atoms with Crippen molar-refractivity contribution in [2.75, 3.05) is 39.4 Å². The van der Waals surface area contributed by atoms with Gasteiger partial charge in [0.05, 0.1) is 30.5 Å². The van der Waals surface area contributed by atoms with E-state index in [-0.39, 0.29) is 6.09 Å². The van der Waals surface area contributed by atoms with Crippen LogP contribution in [0.4, 0.5) is 10.5 Å². The van der Waals surface area contributed by atoms with Gasteiger partial charge in [-0.3, -0.25) is 9.58 Å². The van der Waals surface area contributed by atoms with Gasteiger partial charge in [-0.25, -0.2) is 9.79 Å². The summed E-state index contributed by atoms with van der Waals surface area (Å²) in [5, 5.41) is 6.14. The van der Waals surface area contributed by atoms with Gasteiger partial charge < -0.3 is 19.1 Å². The summed E-state index contributed by atoms with van der Waals surface area (Å²) in [5.41, 5.74) is 5.27. The topological polar surface area (TPSA) is 81.4 Å². The molecule has 4 aromatic carbocycles. The molecule has 1 aliphatic heterocycles. The highest BCUT2D eigenvalue weighted by Crippen LogP contribution is 2.37. The van der Waals surface area contributed by atoms with Gasteiger partial charge in [0.15, 0.2) is 0 Å². The van der Waals surface area contributed by atoms with E-state index >= 15 is 0 Å². The number of carbonyl (C=O) groups excluding carboxylic acids is 1. The van der Waals surface area contributed by atoms with Gasteiger partial charge in [0.2, 0.25) is 0 Å². The summed E-state index contributed by atoms with van der Waals surface area (Å²) in [4.78, 5) is 22.3. The first-order chi connectivity index (χ1) is 25.8. The summed E-state index contributed by atoms with van der Waals surface area (Å²) in [6, 6.07) is 35.8. The Kier molecular flexibility index (Phi) is 11.5. The molecule has 53 heavy (non-hydrogen) atoms. The van der Waals surface area contributed by atoms with E-state index in [9.17, 15) is 4.79 Å². The Hall–Kier alpha value is -4.99. The van der Waals surface area contributed by atoms with Crippen LogP contribution in [-0.4, -0.2) is 82.4 Å². The van der Waals surface area contributed by atoms with Crippen LogP contribution in [0.25, 0.3) is 10.9 Å². The molecular weight excluding hydrogens is 663 g/mol. The minimum atomic E-state index is -0.474. The van der Waals surface area contributed by atoms with E-state index in [0.29, 0.717) is 50.7 Å². The van der Waals surface area contributed by atoms with Crippen LogP contribution >= 0.6 is 0 Å². The summed E-state index contributed by atoms with van der Waals surface area (Å²) in [7, 11) is 0. The molecule has 0 N–H and O–H groups in total. The standard InChI is InChI=1S/C44H51N5O4/c1-44(2,3)53-43(50)48-25-23-47(24-26-48)37-19-21-38(22-20-37)49-31-36-29-40(45-42(34-15-9-5-10-16-34)35-17-11-6-12-18-35)41(30-39(36)46-49)52-28-27-51-32-33-13-7-4-8-14-33/h4-18,29-31,37-38H,19-28,32H2,1-3H3. The fourth-order valence-electron chi connectivity index (χ4n) is 7.32. The van der Waals surface area contributed by atoms with Gasteiger partial charge in [-0.1, -0.05) is 91.0 Å². The maximum Gasteiger partial charge on any atom is 0.410 e. The first-order valence-corrected chi connectivity index (χ1v) is 19.0. The number of hydrogen-bond donors (Lipinski definition) is 0. The quantitative estimate of drug-likeness (QED) is 0.101. The average Bonchev–Trinajstić information content (AvgIpc) is 3.60. The highest BCUT2D eigenvalue weighted by Gasteiger charge is 2.32. The first-order valence-electron chi connectivity index (χ1n) is 19.0. The molecule has 5 aromatic rings. The monoisotopic (exact) mass is 713 g/mol. The minimum Gasteiger partial charge on any atom is -0.489 e. The third kappa shape index (κ3) is 9.52. The molecule has 7 rings (SSSR count). The lowest BCUT2D eigenvalue weighted by Gasteiger charge is -2.42. The zero-order valence-corrected chi connectivity index (χ0v) is 31.2. The van der Waals surface area contributed by atoms with Crippen LogP contribution in [0.1, 0.15) is 69.2 Å². The molecule has 1 amide bonds. The van der Waals surface area contributed by atoms with Crippen LogP contribution in [0.2, 0.25) is 0 Å². The largest absolute Gasteiger partial charge is 0.489 e. The summed E-state index contributed by atoms with van der Waals surface area (Å²) < 4.78 is 20.1. The Balaban J connectivity index is 1.07. The Bertz CT molecular complexity index is 1920. The number of ether oxygens (including phenoxy) is 3. The van der Waals surface area contributed by atoms with E-state index in [2.05, 4.69) is 58.2 Å². The average molecular weight is 714 g/mol. The summed E-state index contributed by atoms with van der Waals surface area (Å²) in [5.74, 6) is 0.685. The van der Waals surface area contributed by atoms with Gasteiger partial charge in [0, 0.05) is 61.0 Å². The van der Waals surface area contributed by atoms with E-state index in [1.54, 1.807) is 0 Å². The van der Waals surface area contributed by atoms with Crippen molar-refractivity contribution in [2.24, 2.45) is 4.99 Å². The van der Waals surface area contributed by atoms with Crippen molar-refractivity contribution in [2.45, 2.75) is 70.7 Å². The van der Waals surface area contributed by atoms with Gasteiger partial charge in [-0.05, 0) is 58.1 Å². The molecular formula is C44H51N5O4. The molecule has 0 bridgehead atoms. The zero-order valence-electron chi connectivity index (χ0n) is 31.2. The van der Waals surface area contributed by atoms with Gasteiger partial charge in [0.1, 0.15) is 23.6 Å². The minimum absolute atomic E-state index is 0.207. The maximum absolute atomic E-state index is 12.6. The van der Waals surface area contributed by atoms with Crippen molar-refractivity contribution in [1.29, 1.82) is 0 Å². The molecule has 0 radical (unpaired) electrons. The van der Waals surface area contributed by atoms with Gasteiger partial charge in [-0.15, -0.1) is 0 Å². The molecule has 1 aliphatic carbocycles. The fourth-order valence-corrected chi connectivity index (χ4v) is 7.32. The van der Waals surface area contributed by atoms with Crippen molar-refractivity contribution in [3.05, 3.63) is 126 Å². The molecule has 0 unspecified atom stereocenters. The predicted molar refractivity (Wildman–Crippen MR) is 210 cm³/mol. The lowest BCUT2D eigenvalue weighted by molar-refractivity contribution is 0.00722. The number of nitrogens with zero attached hydrogens (tertiary/aromatic N) is 5. The van der Waals surface area contributed by atoms with Crippen LogP contribution in [0.5, 0.6) is 5.75 Å². The van der Waals surface area contributed by atoms with Crippen LogP contribution in [0.15, 0.2) is 114 Å². The molecule has 1 aromatic heterocycles. The molecule has 1 saturated heterocycles. The smallest absolute Gasteiger partial charge is 0.410 e. The second-order valence-corrected chi connectivity index (χ2v) is 15.0. The van der Waals surface area contributed by atoms with Crippen LogP contribution in [-0.2, 0) is 16.1 Å². The molecule has 0 spiro atoms. The van der Waals surface area contributed by atoms with Crippen LogP contribution in [0, 0.1) is 0 Å². The number of amides is 1. The second-order valence-electron chi connectivity index (χ2n) is 15.0. The number of piperazine rings is 1. The number of rotatable bonds is 11. The Labute approximate surface area is 313 Å². The molecule has 2 fully saturated rings. The Morgan fingerprint density at radius 3 is 2.00 bits per heavy atom. The van der Waals surface area contributed by atoms with Crippen LogP contribution in [0.3, 0.4) is 0 Å². The van der Waals surface area contributed by atoms with E-state index in [1.165, 1.54) is 0 Å². The summed E-state index contributed by atoms with van der Waals surface area (Å²) in [6.45, 7) is 10.3. The zero-order chi connectivity index (χ0) is 36.6. The van der Waals surface area contributed by atoms with Gasteiger partial charge in [-0.2, -0.15) is 5.10 Å².